The minimum absolute atomic E-state index is 0.0851. The van der Waals surface area contributed by atoms with Crippen LogP contribution in [0.5, 0.6) is 0 Å². The monoisotopic (exact) mass is 295 g/mol. The van der Waals surface area contributed by atoms with E-state index in [0.29, 0.717) is 18.8 Å². The highest BCUT2D eigenvalue weighted by atomic mass is 19.1. The van der Waals surface area contributed by atoms with Crippen molar-refractivity contribution in [3.8, 4) is 0 Å². The molecule has 0 spiro atoms. The minimum Gasteiger partial charge on any atom is -0.396 e. The molecule has 1 aromatic carbocycles. The number of likely N-dealkylation sites (tertiary alicyclic amines) is 1. The number of carbonyl (C=O) groups is 1. The molecule has 0 aliphatic carbocycles. The third kappa shape index (κ3) is 4.15. The van der Waals surface area contributed by atoms with Crippen LogP contribution >= 0.6 is 0 Å². The Hall–Kier alpha value is -1.66. The first-order valence-electron chi connectivity index (χ1n) is 7.28. The minimum atomic E-state index is -0.633. The lowest BCUT2D eigenvalue weighted by Gasteiger charge is -2.34. The summed E-state index contributed by atoms with van der Waals surface area (Å²) in [6.07, 6.45) is 1.80. The number of para-hydroxylation sites is 1. The first-order valence-corrected chi connectivity index (χ1v) is 7.28. The molecular formula is C15H22FN3O2. The van der Waals surface area contributed by atoms with E-state index < -0.39 is 6.04 Å². The van der Waals surface area contributed by atoms with Crippen LogP contribution in [-0.4, -0.2) is 47.7 Å². The number of hydrogen-bond acceptors (Lipinski definition) is 4. The van der Waals surface area contributed by atoms with Gasteiger partial charge in [0.25, 0.3) is 0 Å². The molecule has 1 aliphatic rings. The number of anilines is 1. The van der Waals surface area contributed by atoms with Crippen LogP contribution in [0.15, 0.2) is 24.3 Å². The number of hydrogen-bond donors (Lipinski definition) is 3. The zero-order valence-electron chi connectivity index (χ0n) is 12.0. The molecule has 116 valence electrons. The topological polar surface area (TPSA) is 78.6 Å². The molecule has 0 radical (unpaired) electrons. The first-order chi connectivity index (χ1) is 10.1. The van der Waals surface area contributed by atoms with Crippen LogP contribution in [0.25, 0.3) is 0 Å². The molecule has 1 saturated heterocycles. The lowest BCUT2D eigenvalue weighted by Crippen LogP contribution is -2.49. The van der Waals surface area contributed by atoms with Crippen LogP contribution in [0, 0.1) is 5.82 Å². The van der Waals surface area contributed by atoms with Crippen molar-refractivity contribution in [1.29, 1.82) is 0 Å². The third-order valence-electron chi connectivity index (χ3n) is 3.80. The molecule has 1 aromatic rings. The summed E-state index contributed by atoms with van der Waals surface area (Å²) in [6, 6.07) is 6.10. The van der Waals surface area contributed by atoms with E-state index in [9.17, 15) is 9.18 Å². The Balaban J connectivity index is 1.83. The van der Waals surface area contributed by atoms with Gasteiger partial charge in [0, 0.05) is 25.7 Å². The van der Waals surface area contributed by atoms with Gasteiger partial charge in [0.15, 0.2) is 0 Å². The van der Waals surface area contributed by atoms with Gasteiger partial charge in [0.1, 0.15) is 5.82 Å². The Kier molecular flexibility index (Phi) is 5.52. The molecule has 1 fully saturated rings. The zero-order valence-corrected chi connectivity index (χ0v) is 12.0. The second-order valence-corrected chi connectivity index (χ2v) is 5.34. The van der Waals surface area contributed by atoms with Gasteiger partial charge in [0.05, 0.1) is 11.7 Å². The Morgan fingerprint density at radius 1 is 1.43 bits per heavy atom. The molecule has 2 rings (SSSR count). The number of amides is 1. The predicted molar refractivity (Wildman–Crippen MR) is 79.3 cm³/mol. The van der Waals surface area contributed by atoms with Crippen molar-refractivity contribution in [2.75, 3.05) is 25.0 Å². The fourth-order valence-corrected chi connectivity index (χ4v) is 2.54. The maximum Gasteiger partial charge on any atom is 0.239 e. The molecule has 5 nitrogen and oxygen atoms in total. The average molecular weight is 295 g/mol. The molecule has 1 aliphatic heterocycles. The quantitative estimate of drug-likeness (QED) is 0.755. The fraction of sp³-hybridized carbons (Fsp3) is 0.533. The summed E-state index contributed by atoms with van der Waals surface area (Å²) >= 11 is 0. The van der Waals surface area contributed by atoms with E-state index in [1.807, 2.05) is 0 Å². The van der Waals surface area contributed by atoms with E-state index in [1.165, 1.54) is 6.07 Å². The number of piperidine rings is 1. The van der Waals surface area contributed by atoms with Gasteiger partial charge in [-0.1, -0.05) is 12.1 Å². The Bertz CT molecular complexity index is 476. The van der Waals surface area contributed by atoms with Crippen molar-refractivity contribution in [3.63, 3.8) is 0 Å². The lowest BCUT2D eigenvalue weighted by atomic mass is 10.0. The summed E-state index contributed by atoms with van der Waals surface area (Å²) in [7, 11) is 0. The number of rotatable bonds is 5. The van der Waals surface area contributed by atoms with E-state index in [-0.39, 0.29) is 30.8 Å². The molecule has 21 heavy (non-hydrogen) atoms. The van der Waals surface area contributed by atoms with Gasteiger partial charge in [-0.25, -0.2) is 4.39 Å². The van der Waals surface area contributed by atoms with Crippen LogP contribution in [0.2, 0.25) is 0 Å². The van der Waals surface area contributed by atoms with Crippen molar-refractivity contribution >= 4 is 11.6 Å². The normalized spacial score (nSPS) is 17.6. The van der Waals surface area contributed by atoms with Gasteiger partial charge in [-0.2, -0.15) is 0 Å². The number of nitrogens with one attached hydrogen (secondary N) is 1. The Morgan fingerprint density at radius 3 is 2.71 bits per heavy atom. The zero-order chi connectivity index (χ0) is 15.2. The van der Waals surface area contributed by atoms with Crippen LogP contribution in [0.1, 0.15) is 19.3 Å². The number of aliphatic hydroxyl groups is 1. The highest BCUT2D eigenvalue weighted by Crippen LogP contribution is 2.19. The van der Waals surface area contributed by atoms with Gasteiger partial charge in [-0.15, -0.1) is 0 Å². The molecule has 6 heteroatoms. The number of nitrogens with two attached hydrogens (primary N) is 1. The SMILES string of the molecule is NC(CCO)C(=O)N1CCC(Nc2ccccc2F)CC1. The van der Waals surface area contributed by atoms with E-state index in [4.69, 9.17) is 10.8 Å². The number of carbonyl (C=O) groups excluding carboxylic acids is 1. The van der Waals surface area contributed by atoms with Gasteiger partial charge in [-0.05, 0) is 31.4 Å². The number of benzene rings is 1. The average Bonchev–Trinajstić information content (AvgIpc) is 2.50. The maximum absolute atomic E-state index is 13.6. The fourth-order valence-electron chi connectivity index (χ4n) is 2.54. The molecule has 0 bridgehead atoms. The van der Waals surface area contributed by atoms with Crippen molar-refractivity contribution < 1.29 is 14.3 Å². The molecule has 1 atom stereocenters. The number of halogens is 1. The van der Waals surface area contributed by atoms with Crippen molar-refractivity contribution in [1.82, 2.24) is 4.90 Å². The summed E-state index contributed by atoms with van der Waals surface area (Å²) < 4.78 is 13.6. The molecule has 0 aromatic heterocycles. The third-order valence-corrected chi connectivity index (χ3v) is 3.80. The second kappa shape index (κ2) is 7.38. The van der Waals surface area contributed by atoms with Crippen LogP contribution in [0.4, 0.5) is 10.1 Å². The highest BCUT2D eigenvalue weighted by molar-refractivity contribution is 5.81. The predicted octanol–water partition coefficient (Wildman–Crippen LogP) is 0.938. The van der Waals surface area contributed by atoms with Gasteiger partial charge >= 0.3 is 0 Å². The largest absolute Gasteiger partial charge is 0.396 e. The summed E-state index contributed by atoms with van der Waals surface area (Å²) in [5.41, 5.74) is 6.22. The highest BCUT2D eigenvalue weighted by Gasteiger charge is 2.26. The van der Waals surface area contributed by atoms with E-state index in [1.54, 1.807) is 23.1 Å². The van der Waals surface area contributed by atoms with E-state index in [0.717, 1.165) is 12.8 Å². The Morgan fingerprint density at radius 2 is 2.10 bits per heavy atom. The molecule has 0 saturated carbocycles. The molecular weight excluding hydrogens is 273 g/mol. The number of aliphatic hydroxyl groups excluding tert-OH is 1. The summed E-state index contributed by atoms with van der Waals surface area (Å²) in [4.78, 5) is 13.7. The molecule has 1 unspecified atom stereocenters. The van der Waals surface area contributed by atoms with E-state index >= 15 is 0 Å². The summed E-state index contributed by atoms with van der Waals surface area (Å²) in [6.45, 7) is 1.12. The second-order valence-electron chi connectivity index (χ2n) is 5.34. The smallest absolute Gasteiger partial charge is 0.239 e. The summed E-state index contributed by atoms with van der Waals surface area (Å²) in [5, 5.41) is 12.0. The molecule has 1 heterocycles. The molecule has 1 amide bonds. The van der Waals surface area contributed by atoms with Gasteiger partial charge in [-0.3, -0.25) is 4.79 Å². The standard InChI is InChI=1S/C15H22FN3O2/c16-12-3-1-2-4-14(12)18-11-5-8-19(9-6-11)15(21)13(17)7-10-20/h1-4,11,13,18,20H,5-10,17H2. The van der Waals surface area contributed by atoms with E-state index in [2.05, 4.69) is 5.32 Å². The lowest BCUT2D eigenvalue weighted by molar-refractivity contribution is -0.133. The van der Waals surface area contributed by atoms with Crippen LogP contribution in [-0.2, 0) is 4.79 Å². The van der Waals surface area contributed by atoms with Crippen molar-refractivity contribution in [3.05, 3.63) is 30.1 Å². The van der Waals surface area contributed by atoms with Crippen LogP contribution in [0.3, 0.4) is 0 Å². The number of nitrogens with zero attached hydrogens (tertiary/aromatic N) is 1. The van der Waals surface area contributed by atoms with Crippen molar-refractivity contribution in [2.45, 2.75) is 31.3 Å². The van der Waals surface area contributed by atoms with Crippen LogP contribution < -0.4 is 11.1 Å². The van der Waals surface area contributed by atoms with Gasteiger partial charge < -0.3 is 21.1 Å². The maximum atomic E-state index is 13.6. The summed E-state index contributed by atoms with van der Waals surface area (Å²) in [5.74, 6) is -0.380. The van der Waals surface area contributed by atoms with Gasteiger partial charge in [0.2, 0.25) is 5.91 Å². The molecule has 4 N–H and O–H groups in total. The first kappa shape index (κ1) is 15.7. The van der Waals surface area contributed by atoms with Crippen molar-refractivity contribution in [2.24, 2.45) is 5.73 Å². The Labute approximate surface area is 123 Å².